The van der Waals surface area contributed by atoms with Crippen LogP contribution >= 0.6 is 0 Å². The summed E-state index contributed by atoms with van der Waals surface area (Å²) in [5.41, 5.74) is 4.51. The van der Waals surface area contributed by atoms with Crippen molar-refractivity contribution >= 4 is 38.9 Å². The summed E-state index contributed by atoms with van der Waals surface area (Å²) in [5, 5.41) is 21.3. The van der Waals surface area contributed by atoms with E-state index in [4.69, 9.17) is 9.08 Å². The highest BCUT2D eigenvalue weighted by Gasteiger charge is 2.51. The van der Waals surface area contributed by atoms with Crippen molar-refractivity contribution in [2.75, 3.05) is 19.3 Å². The third kappa shape index (κ3) is 9.46. The van der Waals surface area contributed by atoms with Crippen LogP contribution in [0.3, 0.4) is 0 Å². The Labute approximate surface area is 334 Å². The number of benzene rings is 3. The SMILES string of the molecule is CS(=O)(=O)O.O=C1[C@H](Cc2ccc(O)cc2)N2C(=O)CN(Cc3cc(-c4ccccn4)no3)N(C(=O)NCc3ccccc3)[C@H]2CN1Cc1cccc2ncccc12. The van der Waals surface area contributed by atoms with E-state index in [0.717, 1.165) is 27.6 Å². The Balaban J connectivity index is 0.000000966. The van der Waals surface area contributed by atoms with E-state index in [1.54, 1.807) is 62.5 Å². The predicted octanol–water partition coefficient (Wildman–Crippen LogP) is 4.25. The molecule has 3 aromatic heterocycles. The lowest BCUT2D eigenvalue weighted by molar-refractivity contribution is -0.193. The van der Waals surface area contributed by atoms with Crippen molar-refractivity contribution in [1.29, 1.82) is 0 Å². The van der Waals surface area contributed by atoms with E-state index in [0.29, 0.717) is 23.4 Å². The molecule has 2 atom stereocenters. The van der Waals surface area contributed by atoms with Crippen molar-refractivity contribution in [3.63, 3.8) is 0 Å². The Bertz CT molecular complexity index is 2490. The van der Waals surface area contributed by atoms with E-state index in [1.807, 2.05) is 78.9 Å². The number of nitrogens with zero attached hydrogens (tertiary/aromatic N) is 7. The number of nitrogens with one attached hydrogen (secondary N) is 1. The Kier molecular flexibility index (Phi) is 11.7. The van der Waals surface area contributed by atoms with E-state index < -0.39 is 28.4 Å². The van der Waals surface area contributed by atoms with Gasteiger partial charge in [0.05, 0.1) is 37.1 Å². The number of carbonyl (C=O) groups is 3. The highest BCUT2D eigenvalue weighted by Crippen LogP contribution is 2.32. The molecule has 298 valence electrons. The average Bonchev–Trinajstić information content (AvgIpc) is 3.68. The molecule has 6 aromatic rings. The van der Waals surface area contributed by atoms with Crippen LogP contribution in [0, 0.1) is 0 Å². The van der Waals surface area contributed by atoms with Crippen LogP contribution in [-0.4, -0.2) is 102 Å². The summed E-state index contributed by atoms with van der Waals surface area (Å²) in [6, 6.07) is 31.6. The Hall–Kier alpha value is -6.69. The number of piperazine rings is 1. The minimum absolute atomic E-state index is 0.0537. The molecule has 2 fully saturated rings. The van der Waals surface area contributed by atoms with Crippen LogP contribution in [0.25, 0.3) is 22.3 Å². The number of pyridine rings is 2. The van der Waals surface area contributed by atoms with E-state index in [2.05, 4.69) is 20.4 Å². The molecule has 0 saturated carbocycles. The van der Waals surface area contributed by atoms with E-state index in [1.165, 1.54) is 0 Å². The smallest absolute Gasteiger partial charge is 0.334 e. The van der Waals surface area contributed by atoms with Gasteiger partial charge in [0.2, 0.25) is 11.8 Å². The molecular formula is C41H40N8O8S. The maximum absolute atomic E-state index is 14.5. The second-order valence-electron chi connectivity index (χ2n) is 13.8. The first-order valence-corrected chi connectivity index (χ1v) is 20.1. The van der Waals surface area contributed by atoms with E-state index in [9.17, 15) is 27.9 Å². The van der Waals surface area contributed by atoms with Gasteiger partial charge in [-0.25, -0.2) is 9.80 Å². The molecule has 0 aliphatic carbocycles. The van der Waals surface area contributed by atoms with Gasteiger partial charge < -0.3 is 24.7 Å². The summed E-state index contributed by atoms with van der Waals surface area (Å²) in [7, 11) is -3.67. The van der Waals surface area contributed by atoms with Crippen LogP contribution in [-0.2, 0) is 45.8 Å². The van der Waals surface area contributed by atoms with Crippen LogP contribution in [0.15, 0.2) is 126 Å². The number of urea groups is 1. The van der Waals surface area contributed by atoms with Gasteiger partial charge in [0, 0.05) is 43.4 Å². The van der Waals surface area contributed by atoms with Gasteiger partial charge in [0.15, 0.2) is 5.76 Å². The molecule has 0 unspecified atom stereocenters. The monoisotopic (exact) mass is 804 g/mol. The van der Waals surface area contributed by atoms with Gasteiger partial charge in [0.1, 0.15) is 23.7 Å². The molecule has 0 spiro atoms. The fourth-order valence-corrected chi connectivity index (χ4v) is 7.10. The van der Waals surface area contributed by atoms with Gasteiger partial charge in [-0.3, -0.25) is 24.1 Å². The molecule has 2 aliphatic heterocycles. The summed E-state index contributed by atoms with van der Waals surface area (Å²) < 4.78 is 31.6. The molecular weight excluding hydrogens is 765 g/mol. The van der Waals surface area contributed by atoms with Gasteiger partial charge in [0.25, 0.3) is 10.1 Å². The first-order chi connectivity index (χ1) is 27.9. The first-order valence-electron chi connectivity index (χ1n) is 18.3. The molecule has 2 aliphatic rings. The quantitative estimate of drug-likeness (QED) is 0.176. The molecule has 16 nitrogen and oxygen atoms in total. The zero-order valence-electron chi connectivity index (χ0n) is 31.3. The van der Waals surface area contributed by atoms with Crippen LogP contribution in [0.5, 0.6) is 5.75 Å². The lowest BCUT2D eigenvalue weighted by Crippen LogP contribution is -2.76. The summed E-state index contributed by atoms with van der Waals surface area (Å²) in [4.78, 5) is 55.4. The molecule has 4 amide bonds. The van der Waals surface area contributed by atoms with Crippen molar-refractivity contribution in [3.05, 3.63) is 144 Å². The molecule has 3 N–H and O–H groups in total. The summed E-state index contributed by atoms with van der Waals surface area (Å²) in [6.45, 7) is 0.405. The van der Waals surface area contributed by atoms with Gasteiger partial charge in [-0.05, 0) is 53.1 Å². The number of rotatable bonds is 9. The van der Waals surface area contributed by atoms with Crippen molar-refractivity contribution < 1.29 is 37.0 Å². The average molecular weight is 805 g/mol. The Morgan fingerprint density at radius 1 is 0.862 bits per heavy atom. The second-order valence-corrected chi connectivity index (χ2v) is 15.3. The highest BCUT2D eigenvalue weighted by atomic mass is 32.2. The fourth-order valence-electron chi connectivity index (χ4n) is 7.10. The highest BCUT2D eigenvalue weighted by molar-refractivity contribution is 7.85. The number of amides is 4. The van der Waals surface area contributed by atoms with E-state index >= 15 is 0 Å². The number of carbonyl (C=O) groups excluding carboxylic acids is 3. The maximum atomic E-state index is 14.5. The molecule has 0 radical (unpaired) electrons. The summed E-state index contributed by atoms with van der Waals surface area (Å²) in [6.07, 6.45) is 3.43. The van der Waals surface area contributed by atoms with E-state index in [-0.39, 0.29) is 56.7 Å². The number of fused-ring (bicyclic) bond motifs is 2. The molecule has 2 saturated heterocycles. The first kappa shape index (κ1) is 39.5. The molecule has 17 heteroatoms. The number of hydrogen-bond donors (Lipinski definition) is 3. The molecule has 8 rings (SSSR count). The molecule has 3 aromatic carbocycles. The maximum Gasteiger partial charge on any atom is 0.334 e. The Morgan fingerprint density at radius 3 is 2.34 bits per heavy atom. The number of aromatic nitrogens is 3. The lowest BCUT2D eigenvalue weighted by atomic mass is 9.98. The van der Waals surface area contributed by atoms with Crippen molar-refractivity contribution in [2.24, 2.45) is 0 Å². The lowest BCUT2D eigenvalue weighted by Gasteiger charge is -2.55. The van der Waals surface area contributed by atoms with Crippen LogP contribution in [0.1, 0.15) is 22.5 Å². The normalized spacial score (nSPS) is 17.1. The summed E-state index contributed by atoms with van der Waals surface area (Å²) >= 11 is 0. The van der Waals surface area contributed by atoms with Crippen molar-refractivity contribution in [2.45, 2.75) is 38.3 Å². The van der Waals surface area contributed by atoms with Crippen LogP contribution in [0.2, 0.25) is 0 Å². The van der Waals surface area contributed by atoms with Crippen molar-refractivity contribution in [3.8, 4) is 17.1 Å². The number of phenols is 1. The van der Waals surface area contributed by atoms with Gasteiger partial charge in [-0.15, -0.1) is 0 Å². The van der Waals surface area contributed by atoms with Crippen LogP contribution in [0.4, 0.5) is 4.79 Å². The third-order valence-corrected chi connectivity index (χ3v) is 9.61. The van der Waals surface area contributed by atoms with Gasteiger partial charge in [-0.2, -0.15) is 13.4 Å². The van der Waals surface area contributed by atoms with Crippen molar-refractivity contribution in [1.82, 2.24) is 40.3 Å². The minimum Gasteiger partial charge on any atom is -0.508 e. The second kappa shape index (κ2) is 17.2. The minimum atomic E-state index is -3.67. The molecule has 0 bridgehead atoms. The number of phenolic OH excluding ortho intramolecular Hbond substituents is 1. The molecule has 5 heterocycles. The predicted molar refractivity (Wildman–Crippen MR) is 212 cm³/mol. The summed E-state index contributed by atoms with van der Waals surface area (Å²) in [5.74, 6) is -0.0209. The Morgan fingerprint density at radius 2 is 1.60 bits per heavy atom. The van der Waals surface area contributed by atoms with Gasteiger partial charge >= 0.3 is 6.03 Å². The van der Waals surface area contributed by atoms with Crippen LogP contribution < -0.4 is 5.32 Å². The zero-order chi connectivity index (χ0) is 40.8. The number of hydrazine groups is 1. The molecule has 58 heavy (non-hydrogen) atoms. The van der Waals surface area contributed by atoms with Gasteiger partial charge in [-0.1, -0.05) is 71.9 Å². The number of aromatic hydroxyl groups is 1. The third-order valence-electron chi connectivity index (χ3n) is 9.61. The zero-order valence-corrected chi connectivity index (χ0v) is 32.1. The number of hydrogen-bond acceptors (Lipinski definition) is 11. The largest absolute Gasteiger partial charge is 0.508 e. The fraction of sp³-hybridized carbons (Fsp3) is 0.220. The standard InChI is InChI=1S/C40H36N8O5.CH4O3S/c49-30-16-14-27(15-17-30)20-36-39(51)45(23-29-10-6-13-33-32(29)11-7-19-41-33)25-37-47(36)38(50)26-46(48(37)40(52)43-22-28-8-2-1-3-9-28)24-31-21-35(44-53-31)34-12-4-5-18-42-34;1-5(2,3)4/h1-19,21,36-37,49H,20,22-26H2,(H,43,52);1H3,(H,2,3,4)/t36-,37-;/m0./s1. The topological polar surface area (TPSA) is 203 Å².